The van der Waals surface area contributed by atoms with Crippen molar-refractivity contribution in [2.24, 2.45) is 0 Å². The van der Waals surface area contributed by atoms with Crippen molar-refractivity contribution >= 4 is 11.8 Å². The number of hydrogen-bond acceptors (Lipinski definition) is 5. The molecule has 0 aliphatic heterocycles. The largest absolute Gasteiger partial charge is 0.411 e. The minimum Gasteiger partial charge on any atom is -0.411 e. The summed E-state index contributed by atoms with van der Waals surface area (Å²) in [6.45, 7) is 4.08. The van der Waals surface area contributed by atoms with Gasteiger partial charge in [-0.25, -0.2) is 4.39 Å². The van der Waals surface area contributed by atoms with Gasteiger partial charge in [-0.2, -0.15) is 0 Å². The Labute approximate surface area is 143 Å². The van der Waals surface area contributed by atoms with Crippen LogP contribution in [0.4, 0.5) is 4.39 Å². The van der Waals surface area contributed by atoms with Crippen molar-refractivity contribution in [2.45, 2.75) is 25.2 Å². The van der Waals surface area contributed by atoms with E-state index in [1.54, 1.807) is 12.1 Å². The zero-order chi connectivity index (χ0) is 17.1. The highest BCUT2D eigenvalue weighted by atomic mass is 32.2. The standard InChI is InChI=1S/C18H17FN2O2S/c1-11-3-4-14(9-12(11)2)17-20-21-18(23-17)24-10-16(22)13-5-7-15(19)8-6-13/h3-9,16,22H,10H2,1-2H3. The zero-order valence-corrected chi connectivity index (χ0v) is 14.2. The summed E-state index contributed by atoms with van der Waals surface area (Å²) in [7, 11) is 0. The van der Waals surface area contributed by atoms with Gasteiger partial charge in [0.2, 0.25) is 5.89 Å². The Balaban J connectivity index is 1.65. The second kappa shape index (κ2) is 7.15. The van der Waals surface area contributed by atoms with Gasteiger partial charge in [-0.05, 0) is 54.8 Å². The van der Waals surface area contributed by atoms with Gasteiger partial charge in [-0.3, -0.25) is 0 Å². The first kappa shape index (κ1) is 16.7. The summed E-state index contributed by atoms with van der Waals surface area (Å²) in [4.78, 5) is 0. The Morgan fingerprint density at radius 3 is 2.54 bits per heavy atom. The van der Waals surface area contributed by atoms with Gasteiger partial charge in [0.25, 0.3) is 5.22 Å². The lowest BCUT2D eigenvalue weighted by Crippen LogP contribution is -2.00. The van der Waals surface area contributed by atoms with E-state index >= 15 is 0 Å². The number of benzene rings is 2. The van der Waals surface area contributed by atoms with E-state index in [9.17, 15) is 9.50 Å². The molecule has 4 nitrogen and oxygen atoms in total. The number of aromatic nitrogens is 2. The van der Waals surface area contributed by atoms with Crippen LogP contribution in [-0.2, 0) is 0 Å². The molecule has 0 aliphatic carbocycles. The molecule has 0 fully saturated rings. The van der Waals surface area contributed by atoms with Crippen LogP contribution in [0.2, 0.25) is 0 Å². The number of halogens is 1. The second-order valence-electron chi connectivity index (χ2n) is 5.55. The third kappa shape index (κ3) is 3.83. The topological polar surface area (TPSA) is 59.2 Å². The minimum absolute atomic E-state index is 0.325. The number of aliphatic hydroxyl groups is 1. The lowest BCUT2D eigenvalue weighted by atomic mass is 10.1. The van der Waals surface area contributed by atoms with Crippen molar-refractivity contribution in [3.63, 3.8) is 0 Å². The predicted octanol–water partition coefficient (Wildman–Crippen LogP) is 4.32. The molecule has 0 aliphatic rings. The van der Waals surface area contributed by atoms with E-state index in [0.29, 0.717) is 22.4 Å². The van der Waals surface area contributed by atoms with Crippen LogP contribution in [0.25, 0.3) is 11.5 Å². The van der Waals surface area contributed by atoms with E-state index in [2.05, 4.69) is 10.2 Å². The number of hydrogen-bond donors (Lipinski definition) is 1. The van der Waals surface area contributed by atoms with Gasteiger partial charge < -0.3 is 9.52 Å². The van der Waals surface area contributed by atoms with Crippen LogP contribution in [0.5, 0.6) is 0 Å². The number of nitrogens with zero attached hydrogens (tertiary/aromatic N) is 2. The van der Waals surface area contributed by atoms with E-state index < -0.39 is 6.10 Å². The smallest absolute Gasteiger partial charge is 0.276 e. The molecule has 3 aromatic rings. The average molecular weight is 344 g/mol. The molecule has 24 heavy (non-hydrogen) atoms. The molecule has 0 saturated carbocycles. The Hall–Kier alpha value is -2.18. The number of rotatable bonds is 5. The molecule has 0 saturated heterocycles. The quantitative estimate of drug-likeness (QED) is 0.699. The maximum Gasteiger partial charge on any atom is 0.276 e. The zero-order valence-electron chi connectivity index (χ0n) is 13.4. The fourth-order valence-corrected chi connectivity index (χ4v) is 2.92. The molecule has 1 atom stereocenters. The highest BCUT2D eigenvalue weighted by Gasteiger charge is 2.13. The molecule has 1 unspecified atom stereocenters. The molecule has 3 rings (SSSR count). The highest BCUT2D eigenvalue weighted by Crippen LogP contribution is 2.27. The fourth-order valence-electron chi connectivity index (χ4n) is 2.19. The van der Waals surface area contributed by atoms with Crippen molar-refractivity contribution in [1.29, 1.82) is 0 Å². The van der Waals surface area contributed by atoms with Gasteiger partial charge in [-0.15, -0.1) is 10.2 Å². The first-order valence-electron chi connectivity index (χ1n) is 7.50. The van der Waals surface area contributed by atoms with Crippen LogP contribution >= 0.6 is 11.8 Å². The monoisotopic (exact) mass is 344 g/mol. The average Bonchev–Trinajstić information content (AvgIpc) is 3.05. The van der Waals surface area contributed by atoms with Crippen LogP contribution in [-0.4, -0.2) is 21.1 Å². The summed E-state index contributed by atoms with van der Waals surface area (Å²) in [5, 5.41) is 18.6. The summed E-state index contributed by atoms with van der Waals surface area (Å²) >= 11 is 1.27. The molecule has 1 N–H and O–H groups in total. The van der Waals surface area contributed by atoms with Gasteiger partial charge >= 0.3 is 0 Å². The van der Waals surface area contributed by atoms with Crippen molar-refractivity contribution in [1.82, 2.24) is 10.2 Å². The lowest BCUT2D eigenvalue weighted by molar-refractivity contribution is 0.203. The van der Waals surface area contributed by atoms with E-state index in [0.717, 1.165) is 11.1 Å². The summed E-state index contributed by atoms with van der Waals surface area (Å²) in [6, 6.07) is 11.7. The molecule has 0 amide bonds. The van der Waals surface area contributed by atoms with Crippen LogP contribution in [0.15, 0.2) is 52.1 Å². The molecule has 6 heteroatoms. The van der Waals surface area contributed by atoms with E-state index in [1.165, 1.54) is 29.5 Å². The molecule has 0 spiro atoms. The highest BCUT2D eigenvalue weighted by molar-refractivity contribution is 7.99. The minimum atomic E-state index is -0.729. The van der Waals surface area contributed by atoms with Crippen LogP contribution < -0.4 is 0 Å². The third-order valence-corrected chi connectivity index (χ3v) is 4.67. The van der Waals surface area contributed by atoms with Gasteiger partial charge in [0.05, 0.1) is 6.10 Å². The van der Waals surface area contributed by atoms with Crippen molar-refractivity contribution in [3.05, 3.63) is 65.0 Å². The van der Waals surface area contributed by atoms with Gasteiger partial charge in [0.1, 0.15) is 5.82 Å². The molecule has 2 aromatic carbocycles. The molecule has 0 radical (unpaired) electrons. The van der Waals surface area contributed by atoms with Crippen molar-refractivity contribution in [2.75, 3.05) is 5.75 Å². The first-order chi connectivity index (χ1) is 11.5. The Bertz CT molecular complexity index is 833. The van der Waals surface area contributed by atoms with E-state index in [1.807, 2.05) is 32.0 Å². The Morgan fingerprint density at radius 2 is 1.83 bits per heavy atom. The van der Waals surface area contributed by atoms with Crippen LogP contribution in [0, 0.1) is 19.7 Å². The molecular weight excluding hydrogens is 327 g/mol. The molecular formula is C18H17FN2O2S. The van der Waals surface area contributed by atoms with Crippen LogP contribution in [0.1, 0.15) is 22.8 Å². The molecule has 1 heterocycles. The summed E-state index contributed by atoms with van der Waals surface area (Å²) in [5.41, 5.74) is 3.89. The fraction of sp³-hybridized carbons (Fsp3) is 0.222. The van der Waals surface area contributed by atoms with Crippen molar-refractivity contribution in [3.8, 4) is 11.5 Å². The third-order valence-electron chi connectivity index (χ3n) is 3.78. The summed E-state index contributed by atoms with van der Waals surface area (Å²) in [6.07, 6.45) is -0.729. The Kier molecular flexibility index (Phi) is 4.97. The van der Waals surface area contributed by atoms with E-state index in [-0.39, 0.29) is 5.82 Å². The number of aliphatic hydroxyl groups excluding tert-OH is 1. The van der Waals surface area contributed by atoms with Gasteiger partial charge in [0, 0.05) is 11.3 Å². The normalized spacial score (nSPS) is 12.3. The van der Waals surface area contributed by atoms with Gasteiger partial charge in [-0.1, -0.05) is 30.0 Å². The van der Waals surface area contributed by atoms with Gasteiger partial charge in [0.15, 0.2) is 0 Å². The molecule has 124 valence electrons. The number of thioether (sulfide) groups is 1. The SMILES string of the molecule is Cc1ccc(-c2nnc(SCC(O)c3ccc(F)cc3)o2)cc1C. The maximum absolute atomic E-state index is 12.9. The van der Waals surface area contributed by atoms with Crippen molar-refractivity contribution < 1.29 is 13.9 Å². The number of aryl methyl sites for hydroxylation is 2. The van der Waals surface area contributed by atoms with E-state index in [4.69, 9.17) is 4.42 Å². The van der Waals surface area contributed by atoms with Crippen LogP contribution in [0.3, 0.4) is 0 Å². The molecule has 0 bridgehead atoms. The lowest BCUT2D eigenvalue weighted by Gasteiger charge is -2.08. The maximum atomic E-state index is 12.9. The summed E-state index contributed by atoms with van der Waals surface area (Å²) < 4.78 is 18.5. The first-order valence-corrected chi connectivity index (χ1v) is 8.49. The Morgan fingerprint density at radius 1 is 1.08 bits per heavy atom. The molecule has 1 aromatic heterocycles. The summed E-state index contributed by atoms with van der Waals surface area (Å²) in [5.74, 6) is 0.477. The predicted molar refractivity (Wildman–Crippen MR) is 91.3 cm³/mol. The second-order valence-corrected chi connectivity index (χ2v) is 6.52.